The fourth-order valence-electron chi connectivity index (χ4n) is 0.240. The number of aliphatic hydroxyl groups is 2. The molecular formula is C4H7O4-. The summed E-state index contributed by atoms with van der Waals surface area (Å²) in [6.45, 7) is -0.338. The molecule has 0 saturated heterocycles. The van der Waals surface area contributed by atoms with E-state index in [9.17, 15) is 9.90 Å². The highest BCUT2D eigenvalue weighted by Gasteiger charge is 2.00. The molecule has 0 amide bonds. The SMILES string of the molecule is O=C([O-])C(O)CCO. The molecule has 2 N–H and O–H groups in total. The van der Waals surface area contributed by atoms with Crippen LogP contribution in [0.25, 0.3) is 0 Å². The summed E-state index contributed by atoms with van der Waals surface area (Å²) in [5.74, 6) is -1.54. The molecule has 0 saturated carbocycles. The molecule has 4 nitrogen and oxygen atoms in total. The van der Waals surface area contributed by atoms with Crippen molar-refractivity contribution >= 4 is 5.97 Å². The van der Waals surface area contributed by atoms with Gasteiger partial charge in [0.05, 0.1) is 12.1 Å². The first kappa shape index (κ1) is 7.39. The molecule has 0 heterocycles. The lowest BCUT2D eigenvalue weighted by Gasteiger charge is -2.07. The molecule has 48 valence electrons. The van der Waals surface area contributed by atoms with E-state index in [1.165, 1.54) is 0 Å². The molecule has 0 aliphatic rings. The van der Waals surface area contributed by atoms with Crippen LogP contribution >= 0.6 is 0 Å². The van der Waals surface area contributed by atoms with Crippen LogP contribution in [0.3, 0.4) is 0 Å². The van der Waals surface area contributed by atoms with Crippen molar-refractivity contribution in [1.29, 1.82) is 0 Å². The Morgan fingerprint density at radius 2 is 2.25 bits per heavy atom. The van der Waals surface area contributed by atoms with Crippen molar-refractivity contribution in [3.05, 3.63) is 0 Å². The molecule has 8 heavy (non-hydrogen) atoms. The van der Waals surface area contributed by atoms with Gasteiger partial charge in [-0.3, -0.25) is 0 Å². The van der Waals surface area contributed by atoms with Crippen LogP contribution in [0, 0.1) is 0 Å². The number of carboxylic acid groups (broad SMARTS) is 1. The molecule has 0 aromatic heterocycles. The van der Waals surface area contributed by atoms with Crippen LogP contribution in [0.4, 0.5) is 0 Å². The lowest BCUT2D eigenvalue weighted by atomic mass is 10.3. The van der Waals surface area contributed by atoms with Gasteiger partial charge in [0.2, 0.25) is 0 Å². The molecule has 0 bridgehead atoms. The van der Waals surface area contributed by atoms with E-state index in [1.54, 1.807) is 0 Å². The smallest absolute Gasteiger partial charge is 0.0955 e. The zero-order valence-corrected chi connectivity index (χ0v) is 4.20. The van der Waals surface area contributed by atoms with Crippen molar-refractivity contribution in [3.63, 3.8) is 0 Å². The Morgan fingerprint density at radius 3 is 2.38 bits per heavy atom. The minimum absolute atomic E-state index is 0.164. The lowest BCUT2D eigenvalue weighted by Crippen LogP contribution is -2.35. The molecular weight excluding hydrogens is 112 g/mol. The Balaban J connectivity index is 3.32. The van der Waals surface area contributed by atoms with Gasteiger partial charge in [0.25, 0.3) is 0 Å². The van der Waals surface area contributed by atoms with Crippen molar-refractivity contribution in [1.82, 2.24) is 0 Å². The van der Waals surface area contributed by atoms with Crippen LogP contribution in [0.1, 0.15) is 6.42 Å². The summed E-state index contributed by atoms with van der Waals surface area (Å²) in [6.07, 6.45) is -1.69. The molecule has 0 aromatic carbocycles. The van der Waals surface area contributed by atoms with Crippen LogP contribution in [-0.4, -0.2) is 28.9 Å². The van der Waals surface area contributed by atoms with Gasteiger partial charge >= 0.3 is 0 Å². The number of hydrogen-bond donors (Lipinski definition) is 2. The minimum atomic E-state index is -1.54. The van der Waals surface area contributed by atoms with Gasteiger partial charge in [-0.15, -0.1) is 0 Å². The predicted octanol–water partition coefficient (Wildman–Crippen LogP) is -2.52. The van der Waals surface area contributed by atoms with E-state index < -0.39 is 12.1 Å². The predicted molar refractivity (Wildman–Crippen MR) is 22.7 cm³/mol. The van der Waals surface area contributed by atoms with Crippen molar-refractivity contribution in [2.75, 3.05) is 6.61 Å². The summed E-state index contributed by atoms with van der Waals surface area (Å²) >= 11 is 0. The number of rotatable bonds is 3. The highest BCUT2D eigenvalue weighted by Crippen LogP contribution is 1.85. The highest BCUT2D eigenvalue weighted by molar-refractivity contribution is 5.69. The summed E-state index contributed by atoms with van der Waals surface area (Å²) in [5, 5.41) is 26.0. The normalized spacial score (nSPS) is 13.2. The Morgan fingerprint density at radius 1 is 1.75 bits per heavy atom. The Hall–Kier alpha value is -0.610. The van der Waals surface area contributed by atoms with E-state index in [0.29, 0.717) is 0 Å². The highest BCUT2D eigenvalue weighted by atomic mass is 16.4. The maximum Gasteiger partial charge on any atom is 0.0955 e. The number of carbonyl (C=O) groups is 1. The van der Waals surface area contributed by atoms with Gasteiger partial charge in [-0.2, -0.15) is 0 Å². The second kappa shape index (κ2) is 3.40. The van der Waals surface area contributed by atoms with Gasteiger partial charge < -0.3 is 20.1 Å². The second-order valence-electron chi connectivity index (χ2n) is 1.35. The van der Waals surface area contributed by atoms with Crippen LogP contribution in [0.2, 0.25) is 0 Å². The van der Waals surface area contributed by atoms with Gasteiger partial charge in [0.15, 0.2) is 0 Å². The van der Waals surface area contributed by atoms with Crippen molar-refractivity contribution in [3.8, 4) is 0 Å². The standard InChI is InChI=1S/C4H8O4/c5-2-1-3(6)4(7)8/h3,5-6H,1-2H2,(H,7,8)/p-1. The fraction of sp³-hybridized carbons (Fsp3) is 0.750. The molecule has 0 aliphatic heterocycles. The van der Waals surface area contributed by atoms with Gasteiger partial charge in [-0.05, 0) is 0 Å². The number of aliphatic hydroxyl groups excluding tert-OH is 2. The lowest BCUT2D eigenvalue weighted by molar-refractivity contribution is -0.315. The third-order valence-electron chi connectivity index (χ3n) is 0.675. The quantitative estimate of drug-likeness (QED) is 0.429. The molecule has 0 aromatic rings. The van der Waals surface area contributed by atoms with E-state index >= 15 is 0 Å². The third kappa shape index (κ3) is 2.54. The number of aliphatic carboxylic acids is 1. The van der Waals surface area contributed by atoms with Crippen LogP contribution in [0.5, 0.6) is 0 Å². The first-order valence-electron chi connectivity index (χ1n) is 2.18. The first-order valence-corrected chi connectivity index (χ1v) is 2.18. The summed E-state index contributed by atoms with van der Waals surface area (Å²) in [6, 6.07) is 0. The molecule has 0 fully saturated rings. The average molecular weight is 119 g/mol. The molecule has 0 spiro atoms. The summed E-state index contributed by atoms with van der Waals surface area (Å²) < 4.78 is 0. The number of hydrogen-bond acceptors (Lipinski definition) is 4. The fourth-order valence-corrected chi connectivity index (χ4v) is 0.240. The molecule has 0 radical (unpaired) electrons. The average Bonchev–Trinajstić information content (AvgIpc) is 1.67. The Bertz CT molecular complexity index is 80.1. The Labute approximate surface area is 46.4 Å². The maximum absolute atomic E-state index is 9.62. The van der Waals surface area contributed by atoms with Gasteiger partial charge in [-0.25, -0.2) is 0 Å². The van der Waals surface area contributed by atoms with Crippen molar-refractivity contribution in [2.24, 2.45) is 0 Å². The summed E-state index contributed by atoms with van der Waals surface area (Å²) in [5.41, 5.74) is 0. The zero-order chi connectivity index (χ0) is 6.57. The maximum atomic E-state index is 9.62. The van der Waals surface area contributed by atoms with E-state index in [-0.39, 0.29) is 13.0 Å². The minimum Gasteiger partial charge on any atom is -0.547 e. The largest absolute Gasteiger partial charge is 0.547 e. The van der Waals surface area contributed by atoms with Gasteiger partial charge in [-0.1, -0.05) is 0 Å². The second-order valence-corrected chi connectivity index (χ2v) is 1.35. The molecule has 1 atom stereocenters. The molecule has 0 aliphatic carbocycles. The van der Waals surface area contributed by atoms with Crippen LogP contribution in [0.15, 0.2) is 0 Å². The van der Waals surface area contributed by atoms with Crippen LogP contribution < -0.4 is 5.11 Å². The van der Waals surface area contributed by atoms with E-state index in [4.69, 9.17) is 10.2 Å². The molecule has 1 unspecified atom stereocenters. The molecule has 0 rings (SSSR count). The summed E-state index contributed by atoms with van der Waals surface area (Å²) in [7, 11) is 0. The number of carboxylic acids is 1. The monoisotopic (exact) mass is 119 g/mol. The number of carbonyl (C=O) groups excluding carboxylic acids is 1. The van der Waals surface area contributed by atoms with Crippen molar-refractivity contribution < 1.29 is 20.1 Å². The third-order valence-corrected chi connectivity index (χ3v) is 0.675. The van der Waals surface area contributed by atoms with E-state index in [0.717, 1.165) is 0 Å². The van der Waals surface area contributed by atoms with Gasteiger partial charge in [0, 0.05) is 13.0 Å². The topological polar surface area (TPSA) is 80.6 Å². The first-order chi connectivity index (χ1) is 3.68. The van der Waals surface area contributed by atoms with E-state index in [1.807, 2.05) is 0 Å². The van der Waals surface area contributed by atoms with E-state index in [2.05, 4.69) is 0 Å². The van der Waals surface area contributed by atoms with Crippen molar-refractivity contribution in [2.45, 2.75) is 12.5 Å². The summed E-state index contributed by atoms with van der Waals surface area (Å²) in [4.78, 5) is 9.62. The Kier molecular flexibility index (Phi) is 3.14. The van der Waals surface area contributed by atoms with Crippen LogP contribution in [-0.2, 0) is 4.79 Å². The molecule has 4 heteroatoms. The van der Waals surface area contributed by atoms with Gasteiger partial charge in [0.1, 0.15) is 0 Å². The zero-order valence-electron chi connectivity index (χ0n) is 4.20.